The van der Waals surface area contributed by atoms with E-state index >= 15 is 0 Å². The quantitative estimate of drug-likeness (QED) is 0.149. The second-order valence-corrected chi connectivity index (χ2v) is 9.60. The molecule has 5 heteroatoms. The molecule has 4 nitrogen and oxygen atoms in total. The van der Waals surface area contributed by atoms with Crippen LogP contribution in [-0.2, 0) is 29.3 Å². The molecule has 0 N–H and O–H groups in total. The van der Waals surface area contributed by atoms with Crippen LogP contribution in [0.15, 0.2) is 82.8 Å². The summed E-state index contributed by atoms with van der Waals surface area (Å²) in [6, 6.07) is 22.0. The molecule has 0 aromatic heterocycles. The van der Waals surface area contributed by atoms with Gasteiger partial charge in [-0.1, -0.05) is 113 Å². The maximum absolute atomic E-state index is 11.7. The second kappa shape index (κ2) is 20.7. The Labute approximate surface area is 251 Å². The Morgan fingerprint density at radius 1 is 0.700 bits per heavy atom. The summed E-state index contributed by atoms with van der Waals surface area (Å²) in [5.74, 6) is -0.570. The van der Waals surface area contributed by atoms with E-state index in [9.17, 15) is 10.2 Å². The Morgan fingerprint density at radius 2 is 1.32 bits per heavy atom. The van der Waals surface area contributed by atoms with Crippen molar-refractivity contribution in [1.82, 2.24) is 0 Å². The molecular weight excluding hydrogens is 539 g/mol. The standard InChI is InChI=1S/C22H26N2.C13H20O2.Ni/c1-3-5-10-19-14-16-20(17-15-19)23-18-22(11-6-4-2)24-21-12-8-7-9-13-21;1-3-5-7-11-9-8-10(6-4-2)12(14)13(11)15;/h5,7-10,12-18H,3-4,6,11H2,1-2H3;8-9,14-15H,3-7H2,1-2H3;/q;;+2/p-2. The van der Waals surface area contributed by atoms with Crippen molar-refractivity contribution in [3.8, 4) is 11.5 Å². The van der Waals surface area contributed by atoms with Crippen molar-refractivity contribution in [3.05, 3.63) is 89.5 Å². The van der Waals surface area contributed by atoms with Crippen molar-refractivity contribution in [2.75, 3.05) is 0 Å². The second-order valence-electron chi connectivity index (χ2n) is 9.60. The van der Waals surface area contributed by atoms with E-state index in [1.165, 1.54) is 5.56 Å². The predicted octanol–water partition coefficient (Wildman–Crippen LogP) is 8.90. The molecule has 0 unspecified atom stereocenters. The van der Waals surface area contributed by atoms with E-state index < -0.39 is 0 Å². The molecular formula is C35H44N2NiO2. The van der Waals surface area contributed by atoms with Crippen LogP contribution in [0, 0.1) is 0 Å². The fourth-order valence-electron chi connectivity index (χ4n) is 3.92. The number of rotatable bonds is 13. The van der Waals surface area contributed by atoms with Gasteiger partial charge in [-0.25, -0.2) is 0 Å². The summed E-state index contributed by atoms with van der Waals surface area (Å²) in [5, 5.41) is 23.3. The summed E-state index contributed by atoms with van der Waals surface area (Å²) in [5.41, 5.74) is 5.53. The molecule has 40 heavy (non-hydrogen) atoms. The van der Waals surface area contributed by atoms with E-state index in [0.29, 0.717) is 17.5 Å². The topological polar surface area (TPSA) is 70.8 Å². The molecule has 0 spiro atoms. The summed E-state index contributed by atoms with van der Waals surface area (Å²) in [6.07, 6.45) is 14.8. The minimum absolute atomic E-state index is 0. The molecule has 0 heterocycles. The number of unbranched alkanes of at least 4 members (excludes halogenated alkanes) is 2. The van der Waals surface area contributed by atoms with Gasteiger partial charge < -0.3 is 10.2 Å². The molecule has 0 saturated heterocycles. The molecule has 0 aliphatic carbocycles. The van der Waals surface area contributed by atoms with Gasteiger partial charge in [-0.05, 0) is 68.4 Å². The number of aliphatic imine (C=N–C) groups is 2. The molecule has 0 radical (unpaired) electrons. The first-order chi connectivity index (χ1) is 19.0. The monoisotopic (exact) mass is 582 g/mol. The van der Waals surface area contributed by atoms with Crippen molar-refractivity contribution < 1.29 is 26.7 Å². The number of aryl methyl sites for hydroxylation is 2. The maximum atomic E-state index is 11.7. The molecule has 0 aliphatic heterocycles. The van der Waals surface area contributed by atoms with Crippen LogP contribution in [-0.4, -0.2) is 11.9 Å². The summed E-state index contributed by atoms with van der Waals surface area (Å²) >= 11 is 0. The fourth-order valence-corrected chi connectivity index (χ4v) is 3.92. The number of allylic oxidation sites excluding steroid dienone is 1. The Balaban J connectivity index is 0.000000432. The van der Waals surface area contributed by atoms with Crippen molar-refractivity contribution in [2.24, 2.45) is 9.98 Å². The first-order valence-corrected chi connectivity index (χ1v) is 14.4. The van der Waals surface area contributed by atoms with Crippen molar-refractivity contribution in [3.63, 3.8) is 0 Å². The molecule has 0 atom stereocenters. The van der Waals surface area contributed by atoms with Crippen LogP contribution in [0.4, 0.5) is 11.4 Å². The zero-order valence-corrected chi connectivity index (χ0v) is 25.5. The zero-order valence-electron chi connectivity index (χ0n) is 24.5. The SMILES string of the molecule is CCC=Cc1ccc(N=CC(CCCC)=Nc2ccccc2)cc1.CCCCc1ccc(CCC)c([O-])c1[O-].[Ni+2]. The van der Waals surface area contributed by atoms with Crippen molar-refractivity contribution in [1.29, 1.82) is 0 Å². The van der Waals surface area contributed by atoms with Gasteiger partial charge in [0.25, 0.3) is 0 Å². The predicted molar refractivity (Wildman–Crippen MR) is 165 cm³/mol. The molecule has 0 bridgehead atoms. The van der Waals surface area contributed by atoms with E-state index in [1.807, 2.05) is 67.7 Å². The van der Waals surface area contributed by atoms with Crippen molar-refractivity contribution >= 4 is 29.4 Å². The fraction of sp³-hybridized carbons (Fsp3) is 0.371. The maximum Gasteiger partial charge on any atom is 2.00 e. The van der Waals surface area contributed by atoms with Crippen LogP contribution in [0.1, 0.15) is 89.3 Å². The smallest absolute Gasteiger partial charge is 0.873 e. The Morgan fingerprint density at radius 3 is 1.90 bits per heavy atom. The van der Waals surface area contributed by atoms with Crippen LogP contribution in [0.3, 0.4) is 0 Å². The van der Waals surface area contributed by atoms with Gasteiger partial charge in [0.1, 0.15) is 0 Å². The van der Waals surface area contributed by atoms with E-state index in [4.69, 9.17) is 4.99 Å². The number of hydrogen-bond acceptors (Lipinski definition) is 4. The number of hydrogen-bond donors (Lipinski definition) is 0. The van der Waals surface area contributed by atoms with E-state index in [-0.39, 0.29) is 28.0 Å². The van der Waals surface area contributed by atoms with Gasteiger partial charge in [-0.15, -0.1) is 11.5 Å². The van der Waals surface area contributed by atoms with E-state index in [0.717, 1.165) is 68.5 Å². The molecule has 3 aromatic carbocycles. The van der Waals surface area contributed by atoms with Gasteiger partial charge in [0.2, 0.25) is 0 Å². The van der Waals surface area contributed by atoms with Crippen LogP contribution in [0.25, 0.3) is 6.08 Å². The number of benzene rings is 3. The van der Waals surface area contributed by atoms with E-state index in [1.54, 1.807) is 0 Å². The number of nitrogens with zero attached hydrogens (tertiary/aromatic N) is 2. The van der Waals surface area contributed by atoms with Gasteiger partial charge in [0.05, 0.1) is 17.1 Å². The minimum Gasteiger partial charge on any atom is -0.873 e. The molecule has 3 rings (SSSR count). The Hall–Kier alpha value is -3.17. The third-order valence-corrected chi connectivity index (χ3v) is 6.21. The largest absolute Gasteiger partial charge is 2.00 e. The average molecular weight is 583 g/mol. The summed E-state index contributed by atoms with van der Waals surface area (Å²) in [4.78, 5) is 9.32. The third kappa shape index (κ3) is 12.8. The molecule has 216 valence electrons. The normalized spacial score (nSPS) is 11.3. The molecule has 0 saturated carbocycles. The van der Waals surface area contributed by atoms with E-state index in [2.05, 4.69) is 50.0 Å². The third-order valence-electron chi connectivity index (χ3n) is 6.21. The van der Waals surface area contributed by atoms with Gasteiger partial charge >= 0.3 is 16.5 Å². The number of para-hydroxylation sites is 1. The minimum atomic E-state index is -0.287. The Kier molecular flexibility index (Phi) is 18.0. The van der Waals surface area contributed by atoms with Crippen LogP contribution in [0.2, 0.25) is 0 Å². The van der Waals surface area contributed by atoms with Crippen molar-refractivity contribution in [2.45, 2.75) is 85.5 Å². The van der Waals surface area contributed by atoms with Gasteiger partial charge in [-0.2, -0.15) is 0 Å². The molecule has 0 fully saturated rings. The molecule has 0 amide bonds. The first kappa shape index (κ1) is 34.9. The summed E-state index contributed by atoms with van der Waals surface area (Å²) in [7, 11) is 0. The van der Waals surface area contributed by atoms with Crippen LogP contribution >= 0.6 is 0 Å². The average Bonchev–Trinajstić information content (AvgIpc) is 2.97. The van der Waals surface area contributed by atoms with Crippen LogP contribution in [0.5, 0.6) is 11.5 Å². The first-order valence-electron chi connectivity index (χ1n) is 14.4. The zero-order chi connectivity index (χ0) is 28.3. The Bertz CT molecular complexity index is 1190. The summed E-state index contributed by atoms with van der Waals surface area (Å²) < 4.78 is 0. The van der Waals surface area contributed by atoms with Gasteiger partial charge in [0, 0.05) is 6.21 Å². The molecule has 3 aromatic rings. The summed E-state index contributed by atoms with van der Waals surface area (Å²) in [6.45, 7) is 8.42. The van der Waals surface area contributed by atoms with Gasteiger partial charge in [0.15, 0.2) is 0 Å². The molecule has 0 aliphatic rings. The van der Waals surface area contributed by atoms with Crippen LogP contribution < -0.4 is 10.2 Å². The van der Waals surface area contributed by atoms with Gasteiger partial charge in [-0.3, -0.25) is 9.98 Å².